The number of pyridine rings is 1. The third-order valence-corrected chi connectivity index (χ3v) is 2.01. The highest BCUT2D eigenvalue weighted by atomic mass is 79.9. The second-order valence-electron chi connectivity index (χ2n) is 2.25. The molecule has 0 fully saturated rings. The summed E-state index contributed by atoms with van der Waals surface area (Å²) < 4.78 is 0.163. The molecule has 0 unspecified atom stereocenters. The molecule has 0 spiro atoms. The van der Waals surface area contributed by atoms with Crippen LogP contribution in [0.3, 0.4) is 0 Å². The number of halogens is 1. The molecule has 0 radical (unpaired) electrons. The van der Waals surface area contributed by atoms with E-state index >= 15 is 0 Å². The van der Waals surface area contributed by atoms with Gasteiger partial charge in [-0.15, -0.1) is 0 Å². The number of nitrogens with zero attached hydrogens (tertiary/aromatic N) is 2. The van der Waals surface area contributed by atoms with Crippen molar-refractivity contribution < 1.29 is 4.92 Å². The van der Waals surface area contributed by atoms with Crippen LogP contribution in [0.2, 0.25) is 0 Å². The summed E-state index contributed by atoms with van der Waals surface area (Å²) in [5.74, 6) is 0. The molecule has 2 N–H and O–H groups in total. The highest BCUT2D eigenvalue weighted by Gasteiger charge is 2.18. The van der Waals surface area contributed by atoms with Crippen molar-refractivity contribution in [2.45, 2.75) is 6.92 Å². The maximum atomic E-state index is 10.5. The van der Waals surface area contributed by atoms with E-state index in [-0.39, 0.29) is 16.0 Å². The Hall–Kier alpha value is -1.17. The van der Waals surface area contributed by atoms with E-state index in [4.69, 9.17) is 5.73 Å². The minimum Gasteiger partial charge on any atom is -0.393 e. The smallest absolute Gasteiger partial charge is 0.324 e. The van der Waals surface area contributed by atoms with Crippen LogP contribution in [0.25, 0.3) is 0 Å². The molecule has 0 aromatic carbocycles. The molecule has 64 valence electrons. The summed E-state index contributed by atoms with van der Waals surface area (Å²) in [6.45, 7) is 1.67. The Kier molecular flexibility index (Phi) is 2.27. The van der Waals surface area contributed by atoms with Gasteiger partial charge in [0.2, 0.25) is 0 Å². The maximum absolute atomic E-state index is 10.5. The first-order valence-corrected chi connectivity index (χ1v) is 3.88. The zero-order valence-corrected chi connectivity index (χ0v) is 7.83. The summed E-state index contributed by atoms with van der Waals surface area (Å²) in [6, 6.07) is 0. The van der Waals surface area contributed by atoms with Crippen LogP contribution in [0.5, 0.6) is 0 Å². The minimum absolute atomic E-state index is 0.155. The Morgan fingerprint density at radius 1 is 1.75 bits per heavy atom. The van der Waals surface area contributed by atoms with Crippen molar-refractivity contribution in [2.75, 3.05) is 5.73 Å². The van der Waals surface area contributed by atoms with E-state index in [1.165, 1.54) is 6.20 Å². The lowest BCUT2D eigenvalue weighted by Crippen LogP contribution is -2.00. The van der Waals surface area contributed by atoms with E-state index in [1.54, 1.807) is 6.92 Å². The number of nitro groups is 1. The van der Waals surface area contributed by atoms with Gasteiger partial charge in [-0.3, -0.25) is 10.1 Å². The van der Waals surface area contributed by atoms with E-state index in [1.807, 2.05) is 0 Å². The molecule has 0 aliphatic carbocycles. The number of aryl methyl sites for hydroxylation is 1. The number of nitrogen functional groups attached to an aromatic ring is 1. The van der Waals surface area contributed by atoms with Crippen molar-refractivity contribution in [3.63, 3.8) is 0 Å². The second-order valence-corrected chi connectivity index (χ2v) is 3.00. The molecule has 0 saturated heterocycles. The van der Waals surface area contributed by atoms with Crippen molar-refractivity contribution in [2.24, 2.45) is 0 Å². The first-order valence-electron chi connectivity index (χ1n) is 3.09. The third-order valence-electron chi connectivity index (χ3n) is 1.43. The van der Waals surface area contributed by atoms with Crippen LogP contribution < -0.4 is 5.73 Å². The normalized spacial score (nSPS) is 9.83. The highest BCUT2D eigenvalue weighted by molar-refractivity contribution is 9.10. The summed E-state index contributed by atoms with van der Waals surface area (Å²) in [5.41, 5.74) is 6.06. The standard InChI is InChI=1S/C6H6BrN3O2/c1-3-2-9-6(7)5(4(3)8)10(11)12/h2H,1H3,(H2,8,9). The maximum Gasteiger partial charge on any atom is 0.324 e. The Balaban J connectivity index is 3.43. The molecule has 1 rings (SSSR count). The zero-order valence-electron chi connectivity index (χ0n) is 6.24. The predicted octanol–water partition coefficient (Wildman–Crippen LogP) is 1.64. The quantitative estimate of drug-likeness (QED) is 0.453. The number of hydrogen-bond acceptors (Lipinski definition) is 4. The van der Waals surface area contributed by atoms with Gasteiger partial charge in [0.15, 0.2) is 4.60 Å². The fourth-order valence-corrected chi connectivity index (χ4v) is 1.22. The van der Waals surface area contributed by atoms with E-state index in [0.717, 1.165) is 0 Å². The summed E-state index contributed by atoms with van der Waals surface area (Å²) in [7, 11) is 0. The molecule has 0 aliphatic heterocycles. The molecule has 1 aromatic rings. The van der Waals surface area contributed by atoms with Crippen molar-refractivity contribution in [1.29, 1.82) is 0 Å². The molecule has 5 nitrogen and oxygen atoms in total. The summed E-state index contributed by atoms with van der Waals surface area (Å²) >= 11 is 2.95. The Bertz CT molecular complexity index is 340. The van der Waals surface area contributed by atoms with Gasteiger partial charge in [-0.05, 0) is 28.4 Å². The Morgan fingerprint density at radius 2 is 2.33 bits per heavy atom. The number of nitrogens with two attached hydrogens (primary N) is 1. The largest absolute Gasteiger partial charge is 0.393 e. The van der Waals surface area contributed by atoms with Crippen LogP contribution in [0.4, 0.5) is 11.4 Å². The van der Waals surface area contributed by atoms with Crippen molar-refractivity contribution >= 4 is 27.3 Å². The van der Waals surface area contributed by atoms with Gasteiger partial charge in [0, 0.05) is 6.20 Å². The van der Waals surface area contributed by atoms with Crippen LogP contribution in [-0.4, -0.2) is 9.91 Å². The number of aromatic nitrogens is 1. The van der Waals surface area contributed by atoms with Gasteiger partial charge in [-0.25, -0.2) is 4.98 Å². The highest BCUT2D eigenvalue weighted by Crippen LogP contribution is 2.30. The Morgan fingerprint density at radius 3 is 2.75 bits per heavy atom. The monoisotopic (exact) mass is 231 g/mol. The summed E-state index contributed by atoms with van der Waals surface area (Å²) in [4.78, 5) is 13.6. The molecule has 0 atom stereocenters. The topological polar surface area (TPSA) is 82.0 Å². The van der Waals surface area contributed by atoms with Crippen molar-refractivity contribution in [1.82, 2.24) is 4.98 Å². The first kappa shape index (κ1) is 8.92. The van der Waals surface area contributed by atoms with Gasteiger partial charge in [0.05, 0.1) is 4.92 Å². The lowest BCUT2D eigenvalue weighted by molar-refractivity contribution is -0.385. The minimum atomic E-state index is -0.556. The number of hydrogen-bond donors (Lipinski definition) is 1. The number of rotatable bonds is 1. The number of anilines is 1. The fraction of sp³-hybridized carbons (Fsp3) is 0.167. The predicted molar refractivity (Wildman–Crippen MR) is 47.7 cm³/mol. The van der Waals surface area contributed by atoms with Gasteiger partial charge >= 0.3 is 5.69 Å². The van der Waals surface area contributed by atoms with Crippen LogP contribution >= 0.6 is 15.9 Å². The molecule has 12 heavy (non-hydrogen) atoms. The van der Waals surface area contributed by atoms with Crippen molar-refractivity contribution in [3.8, 4) is 0 Å². The zero-order chi connectivity index (χ0) is 9.30. The summed E-state index contributed by atoms with van der Waals surface area (Å²) in [6.07, 6.45) is 1.48. The molecule has 1 heterocycles. The van der Waals surface area contributed by atoms with Gasteiger partial charge in [0.25, 0.3) is 0 Å². The average Bonchev–Trinajstić information content (AvgIpc) is 1.97. The second kappa shape index (κ2) is 3.06. The average molecular weight is 232 g/mol. The molecule has 0 bridgehead atoms. The molecule has 6 heteroatoms. The fourth-order valence-electron chi connectivity index (χ4n) is 0.756. The van der Waals surface area contributed by atoms with Crippen LogP contribution in [0.1, 0.15) is 5.56 Å². The van der Waals surface area contributed by atoms with Gasteiger partial charge < -0.3 is 5.73 Å². The van der Waals surface area contributed by atoms with Crippen LogP contribution in [-0.2, 0) is 0 Å². The lowest BCUT2D eigenvalue weighted by Gasteiger charge is -2.00. The molecule has 0 amide bonds. The molecular weight excluding hydrogens is 226 g/mol. The third kappa shape index (κ3) is 1.38. The first-order chi connectivity index (χ1) is 5.54. The summed E-state index contributed by atoms with van der Waals surface area (Å²) in [5, 5.41) is 10.5. The molecule has 0 aliphatic rings. The van der Waals surface area contributed by atoms with Gasteiger partial charge in [-0.2, -0.15) is 0 Å². The Labute approximate surface area is 76.9 Å². The SMILES string of the molecule is Cc1cnc(Br)c([N+](=O)[O-])c1N. The van der Waals surface area contributed by atoms with E-state index in [0.29, 0.717) is 5.56 Å². The van der Waals surface area contributed by atoms with Gasteiger partial charge in [-0.1, -0.05) is 0 Å². The van der Waals surface area contributed by atoms with E-state index in [2.05, 4.69) is 20.9 Å². The van der Waals surface area contributed by atoms with Gasteiger partial charge in [0.1, 0.15) is 5.69 Å². The molecule has 1 aromatic heterocycles. The lowest BCUT2D eigenvalue weighted by atomic mass is 10.2. The van der Waals surface area contributed by atoms with Crippen LogP contribution in [0, 0.1) is 17.0 Å². The van der Waals surface area contributed by atoms with E-state index < -0.39 is 4.92 Å². The van der Waals surface area contributed by atoms with E-state index in [9.17, 15) is 10.1 Å². The molecular formula is C6H6BrN3O2. The molecule has 0 saturated carbocycles. The van der Waals surface area contributed by atoms with Crippen LogP contribution in [0.15, 0.2) is 10.8 Å². The van der Waals surface area contributed by atoms with Crippen molar-refractivity contribution in [3.05, 3.63) is 26.5 Å².